The lowest BCUT2D eigenvalue weighted by Crippen LogP contribution is -2.16. The van der Waals surface area contributed by atoms with Gasteiger partial charge in [-0.15, -0.1) is 0 Å². The Morgan fingerprint density at radius 1 is 1.29 bits per heavy atom. The summed E-state index contributed by atoms with van der Waals surface area (Å²) in [6.45, 7) is 6.83. The molecule has 1 aromatic heterocycles. The molecule has 2 rings (SSSR count). The minimum atomic E-state index is -0.0926. The number of aromatic nitrogens is 2. The maximum Gasteiger partial charge on any atom is 0.221 e. The van der Waals surface area contributed by atoms with Crippen molar-refractivity contribution < 1.29 is 4.74 Å². The molecule has 1 aromatic rings. The van der Waals surface area contributed by atoms with Crippen LogP contribution in [0.1, 0.15) is 32.2 Å². The topological polar surface area (TPSA) is 35.0 Å². The Balaban J connectivity index is 2.52. The third kappa shape index (κ3) is 1.57. The molecule has 2 heterocycles. The fraction of sp³-hybridized carbons (Fsp3) is 0.600. The maximum atomic E-state index is 6.05. The molecule has 0 aliphatic carbocycles. The van der Waals surface area contributed by atoms with Gasteiger partial charge in [0.05, 0.1) is 12.2 Å². The van der Waals surface area contributed by atoms with Crippen LogP contribution in [0.2, 0.25) is 5.15 Å². The van der Waals surface area contributed by atoms with E-state index in [1.54, 1.807) is 0 Å². The average molecular weight is 213 g/mol. The van der Waals surface area contributed by atoms with Crippen molar-refractivity contribution in [3.8, 4) is 5.88 Å². The SMILES string of the molecule is CC(C)(C)c1nc(Cl)c2c(n1)OCC2. The van der Waals surface area contributed by atoms with E-state index >= 15 is 0 Å². The Bertz CT molecular complexity index is 371. The van der Waals surface area contributed by atoms with Gasteiger partial charge in [0.1, 0.15) is 11.0 Å². The zero-order valence-electron chi connectivity index (χ0n) is 8.59. The van der Waals surface area contributed by atoms with Crippen LogP contribution < -0.4 is 4.74 Å². The molecule has 4 heteroatoms. The van der Waals surface area contributed by atoms with Crippen molar-refractivity contribution in [2.45, 2.75) is 32.6 Å². The van der Waals surface area contributed by atoms with Gasteiger partial charge in [-0.2, -0.15) is 4.98 Å². The highest BCUT2D eigenvalue weighted by atomic mass is 35.5. The Labute approximate surface area is 88.5 Å². The molecule has 0 amide bonds. The van der Waals surface area contributed by atoms with Crippen molar-refractivity contribution in [3.05, 3.63) is 16.5 Å². The Hall–Kier alpha value is -0.830. The molecule has 0 radical (unpaired) electrons. The summed E-state index contributed by atoms with van der Waals surface area (Å²) in [6, 6.07) is 0. The summed E-state index contributed by atoms with van der Waals surface area (Å²) in [5.74, 6) is 1.40. The second-order valence-corrected chi connectivity index (χ2v) is 4.83. The highest BCUT2D eigenvalue weighted by Gasteiger charge is 2.24. The summed E-state index contributed by atoms with van der Waals surface area (Å²) in [7, 11) is 0. The summed E-state index contributed by atoms with van der Waals surface area (Å²) >= 11 is 6.05. The lowest BCUT2D eigenvalue weighted by Gasteiger charge is -2.17. The zero-order chi connectivity index (χ0) is 10.3. The smallest absolute Gasteiger partial charge is 0.221 e. The highest BCUT2D eigenvalue weighted by molar-refractivity contribution is 6.30. The van der Waals surface area contributed by atoms with Crippen molar-refractivity contribution in [3.63, 3.8) is 0 Å². The predicted molar refractivity (Wildman–Crippen MR) is 54.9 cm³/mol. The summed E-state index contributed by atoms with van der Waals surface area (Å²) < 4.78 is 5.38. The molecule has 0 unspecified atom stereocenters. The van der Waals surface area contributed by atoms with E-state index in [1.165, 1.54) is 0 Å². The molecule has 0 spiro atoms. The molecular formula is C10H13ClN2O. The first kappa shape index (κ1) is 9.71. The van der Waals surface area contributed by atoms with Gasteiger partial charge in [0, 0.05) is 11.8 Å². The third-order valence-electron chi connectivity index (χ3n) is 2.18. The number of hydrogen-bond acceptors (Lipinski definition) is 3. The first-order valence-corrected chi connectivity index (χ1v) is 5.06. The van der Waals surface area contributed by atoms with Crippen LogP contribution in [-0.2, 0) is 11.8 Å². The monoisotopic (exact) mass is 212 g/mol. The standard InChI is InChI=1S/C10H13ClN2O/c1-10(2,3)9-12-7(11)6-4-5-14-8(6)13-9/h4-5H2,1-3H3. The quantitative estimate of drug-likeness (QED) is 0.620. The maximum absolute atomic E-state index is 6.05. The van der Waals surface area contributed by atoms with Gasteiger partial charge in [0.25, 0.3) is 0 Å². The first-order chi connectivity index (χ1) is 6.48. The Morgan fingerprint density at radius 2 is 2.00 bits per heavy atom. The molecule has 0 saturated carbocycles. The minimum absolute atomic E-state index is 0.0926. The Kier molecular flexibility index (Phi) is 2.14. The van der Waals surface area contributed by atoms with E-state index in [2.05, 4.69) is 30.7 Å². The van der Waals surface area contributed by atoms with Gasteiger partial charge in [-0.1, -0.05) is 32.4 Å². The molecule has 1 aliphatic heterocycles. The molecule has 0 bridgehead atoms. The highest BCUT2D eigenvalue weighted by Crippen LogP contribution is 2.31. The van der Waals surface area contributed by atoms with E-state index in [0.29, 0.717) is 17.6 Å². The van der Waals surface area contributed by atoms with Gasteiger partial charge < -0.3 is 4.74 Å². The average Bonchev–Trinajstić information content (AvgIpc) is 2.50. The fourth-order valence-electron chi connectivity index (χ4n) is 1.35. The van der Waals surface area contributed by atoms with E-state index in [4.69, 9.17) is 16.3 Å². The van der Waals surface area contributed by atoms with Crippen molar-refractivity contribution in [2.24, 2.45) is 0 Å². The largest absolute Gasteiger partial charge is 0.477 e. The van der Waals surface area contributed by atoms with Gasteiger partial charge in [-0.05, 0) is 0 Å². The van der Waals surface area contributed by atoms with Crippen molar-refractivity contribution >= 4 is 11.6 Å². The molecule has 0 fully saturated rings. The molecule has 0 atom stereocenters. The normalized spacial score (nSPS) is 15.1. The number of ether oxygens (including phenoxy) is 1. The van der Waals surface area contributed by atoms with Gasteiger partial charge in [-0.25, -0.2) is 4.98 Å². The number of fused-ring (bicyclic) bond motifs is 1. The van der Waals surface area contributed by atoms with Crippen LogP contribution in [0.4, 0.5) is 0 Å². The molecule has 1 aliphatic rings. The van der Waals surface area contributed by atoms with Crippen LogP contribution in [0, 0.1) is 0 Å². The summed E-state index contributed by atoms with van der Waals surface area (Å²) in [4.78, 5) is 8.66. The van der Waals surface area contributed by atoms with Crippen LogP contribution in [0.25, 0.3) is 0 Å². The van der Waals surface area contributed by atoms with Gasteiger partial charge in [0.2, 0.25) is 5.88 Å². The predicted octanol–water partition coefficient (Wildman–Crippen LogP) is 2.36. The van der Waals surface area contributed by atoms with Crippen LogP contribution in [0.3, 0.4) is 0 Å². The summed E-state index contributed by atoms with van der Waals surface area (Å²) in [5, 5.41) is 0.539. The first-order valence-electron chi connectivity index (χ1n) is 4.68. The number of hydrogen-bond donors (Lipinski definition) is 0. The number of nitrogens with zero attached hydrogens (tertiary/aromatic N) is 2. The second-order valence-electron chi connectivity index (χ2n) is 4.47. The lowest BCUT2D eigenvalue weighted by atomic mass is 9.95. The van der Waals surface area contributed by atoms with Crippen molar-refractivity contribution in [1.29, 1.82) is 0 Å². The third-order valence-corrected chi connectivity index (χ3v) is 2.49. The molecule has 0 N–H and O–H groups in total. The van der Waals surface area contributed by atoms with E-state index in [0.717, 1.165) is 17.8 Å². The second kappa shape index (κ2) is 3.09. The molecule has 76 valence electrons. The van der Waals surface area contributed by atoms with Crippen LogP contribution in [0.5, 0.6) is 5.88 Å². The van der Waals surface area contributed by atoms with E-state index in [-0.39, 0.29) is 5.41 Å². The molecule has 0 saturated heterocycles. The van der Waals surface area contributed by atoms with E-state index in [1.807, 2.05) is 0 Å². The molecule has 0 aromatic carbocycles. The van der Waals surface area contributed by atoms with Gasteiger partial charge in [0.15, 0.2) is 0 Å². The lowest BCUT2D eigenvalue weighted by molar-refractivity contribution is 0.341. The summed E-state index contributed by atoms with van der Waals surface area (Å²) in [6.07, 6.45) is 0.818. The van der Waals surface area contributed by atoms with Crippen molar-refractivity contribution in [2.75, 3.05) is 6.61 Å². The fourth-order valence-corrected chi connectivity index (χ4v) is 1.61. The van der Waals surface area contributed by atoms with Crippen LogP contribution in [-0.4, -0.2) is 16.6 Å². The molecular weight excluding hydrogens is 200 g/mol. The Morgan fingerprint density at radius 3 is 2.64 bits per heavy atom. The zero-order valence-corrected chi connectivity index (χ0v) is 9.35. The van der Waals surface area contributed by atoms with Crippen LogP contribution in [0.15, 0.2) is 0 Å². The molecule has 3 nitrogen and oxygen atoms in total. The number of rotatable bonds is 0. The molecule has 14 heavy (non-hydrogen) atoms. The van der Waals surface area contributed by atoms with E-state index in [9.17, 15) is 0 Å². The van der Waals surface area contributed by atoms with Crippen molar-refractivity contribution in [1.82, 2.24) is 9.97 Å². The number of halogens is 1. The summed E-state index contributed by atoms with van der Waals surface area (Å²) in [5.41, 5.74) is 0.851. The minimum Gasteiger partial charge on any atom is -0.477 e. The van der Waals surface area contributed by atoms with Gasteiger partial charge >= 0.3 is 0 Å². The van der Waals surface area contributed by atoms with Gasteiger partial charge in [-0.3, -0.25) is 0 Å². The van der Waals surface area contributed by atoms with E-state index < -0.39 is 0 Å². The van der Waals surface area contributed by atoms with Crippen LogP contribution >= 0.6 is 11.6 Å².